The van der Waals surface area contributed by atoms with Gasteiger partial charge in [-0.05, 0) is 25.1 Å². The van der Waals surface area contributed by atoms with Gasteiger partial charge >= 0.3 is 0 Å². The van der Waals surface area contributed by atoms with E-state index in [0.717, 1.165) is 32.7 Å². The summed E-state index contributed by atoms with van der Waals surface area (Å²) in [4.78, 5) is 20.1. The molecule has 0 atom stereocenters. The van der Waals surface area contributed by atoms with Gasteiger partial charge in [-0.1, -0.05) is 35.9 Å². The van der Waals surface area contributed by atoms with Gasteiger partial charge in [0.25, 0.3) is 5.91 Å². The molecule has 24 heavy (non-hydrogen) atoms. The second kappa shape index (κ2) is 5.94. The lowest BCUT2D eigenvalue weighted by atomic mass is 10.2. The van der Waals surface area contributed by atoms with Gasteiger partial charge < -0.3 is 10.3 Å². The van der Waals surface area contributed by atoms with E-state index in [4.69, 9.17) is 0 Å². The molecule has 2 aromatic carbocycles. The SMILES string of the molecule is Cc1ccc(NC(=O)c2csc(-c3c[nH]c4ccccc34)n2)cc1. The first-order valence-electron chi connectivity index (χ1n) is 7.61. The van der Waals surface area contributed by atoms with Crippen LogP contribution in [0.5, 0.6) is 0 Å². The number of fused-ring (bicyclic) bond motifs is 1. The fourth-order valence-electron chi connectivity index (χ4n) is 2.58. The first-order chi connectivity index (χ1) is 11.7. The van der Waals surface area contributed by atoms with Crippen molar-refractivity contribution < 1.29 is 4.79 Å². The monoisotopic (exact) mass is 333 g/mol. The molecule has 0 spiro atoms. The van der Waals surface area contributed by atoms with Gasteiger partial charge in [-0.2, -0.15) is 0 Å². The normalized spacial score (nSPS) is 10.9. The number of anilines is 1. The minimum Gasteiger partial charge on any atom is -0.360 e. The van der Waals surface area contributed by atoms with Gasteiger partial charge in [-0.25, -0.2) is 4.98 Å². The number of benzene rings is 2. The van der Waals surface area contributed by atoms with Gasteiger partial charge in [0.1, 0.15) is 10.7 Å². The van der Waals surface area contributed by atoms with Crippen LogP contribution in [0.2, 0.25) is 0 Å². The Bertz CT molecular complexity index is 1010. The van der Waals surface area contributed by atoms with Gasteiger partial charge in [-0.15, -0.1) is 11.3 Å². The number of para-hydroxylation sites is 1. The molecule has 4 aromatic rings. The summed E-state index contributed by atoms with van der Waals surface area (Å²) >= 11 is 1.47. The number of H-pyrrole nitrogens is 1. The Labute approximate surface area is 143 Å². The Hall–Kier alpha value is -2.92. The smallest absolute Gasteiger partial charge is 0.275 e. The highest BCUT2D eigenvalue weighted by Gasteiger charge is 2.14. The molecule has 2 N–H and O–H groups in total. The number of carbonyl (C=O) groups is 1. The summed E-state index contributed by atoms with van der Waals surface area (Å²) in [6.45, 7) is 2.01. The van der Waals surface area contributed by atoms with E-state index in [-0.39, 0.29) is 5.91 Å². The molecule has 0 fully saturated rings. The summed E-state index contributed by atoms with van der Waals surface area (Å²) in [5, 5.41) is 6.61. The fraction of sp³-hybridized carbons (Fsp3) is 0.0526. The zero-order valence-electron chi connectivity index (χ0n) is 13.0. The Balaban J connectivity index is 1.60. The highest BCUT2D eigenvalue weighted by Crippen LogP contribution is 2.30. The second-order valence-electron chi connectivity index (χ2n) is 5.61. The van der Waals surface area contributed by atoms with Crippen LogP contribution in [0.3, 0.4) is 0 Å². The summed E-state index contributed by atoms with van der Waals surface area (Å²) in [6.07, 6.45) is 1.94. The van der Waals surface area contributed by atoms with Crippen molar-refractivity contribution in [1.29, 1.82) is 0 Å². The van der Waals surface area contributed by atoms with Crippen molar-refractivity contribution in [2.24, 2.45) is 0 Å². The second-order valence-corrected chi connectivity index (χ2v) is 6.46. The van der Waals surface area contributed by atoms with Crippen LogP contribution in [0.4, 0.5) is 5.69 Å². The van der Waals surface area contributed by atoms with E-state index in [1.807, 2.05) is 55.6 Å². The Morgan fingerprint density at radius 3 is 2.75 bits per heavy atom. The van der Waals surface area contributed by atoms with Crippen LogP contribution in [0.15, 0.2) is 60.1 Å². The minimum absolute atomic E-state index is 0.193. The van der Waals surface area contributed by atoms with Crippen molar-refractivity contribution in [3.05, 3.63) is 71.4 Å². The van der Waals surface area contributed by atoms with Gasteiger partial charge in [0.05, 0.1) is 0 Å². The first-order valence-corrected chi connectivity index (χ1v) is 8.49. The van der Waals surface area contributed by atoms with Gasteiger partial charge in [0, 0.05) is 33.7 Å². The van der Waals surface area contributed by atoms with E-state index in [0.29, 0.717) is 5.69 Å². The lowest BCUT2D eigenvalue weighted by Crippen LogP contribution is -2.12. The van der Waals surface area contributed by atoms with Crippen LogP contribution in [-0.4, -0.2) is 15.9 Å². The number of thiazole rings is 1. The molecule has 0 radical (unpaired) electrons. The Morgan fingerprint density at radius 1 is 1.12 bits per heavy atom. The van der Waals surface area contributed by atoms with E-state index in [1.165, 1.54) is 11.3 Å². The molecule has 1 amide bonds. The van der Waals surface area contributed by atoms with Crippen LogP contribution in [0, 0.1) is 6.92 Å². The van der Waals surface area contributed by atoms with Crippen molar-refractivity contribution in [2.75, 3.05) is 5.32 Å². The predicted octanol–water partition coefficient (Wildman–Crippen LogP) is 4.85. The van der Waals surface area contributed by atoms with Gasteiger partial charge in [0.2, 0.25) is 0 Å². The molecule has 118 valence electrons. The largest absolute Gasteiger partial charge is 0.360 e. The van der Waals surface area contributed by atoms with Crippen LogP contribution >= 0.6 is 11.3 Å². The molecule has 0 bridgehead atoms. The predicted molar refractivity (Wildman–Crippen MR) is 98.5 cm³/mol. The fourth-order valence-corrected chi connectivity index (χ4v) is 3.41. The summed E-state index contributed by atoms with van der Waals surface area (Å²) < 4.78 is 0. The van der Waals surface area contributed by atoms with Crippen molar-refractivity contribution in [3.63, 3.8) is 0 Å². The molecule has 0 aliphatic carbocycles. The van der Waals surface area contributed by atoms with E-state index in [2.05, 4.69) is 21.4 Å². The summed E-state index contributed by atoms with van der Waals surface area (Å²) in [5.74, 6) is -0.193. The third-order valence-electron chi connectivity index (χ3n) is 3.87. The maximum absolute atomic E-state index is 12.4. The lowest BCUT2D eigenvalue weighted by molar-refractivity contribution is 0.102. The van der Waals surface area contributed by atoms with Crippen LogP contribution in [0.25, 0.3) is 21.5 Å². The van der Waals surface area contributed by atoms with Crippen molar-refractivity contribution in [3.8, 4) is 10.6 Å². The zero-order valence-corrected chi connectivity index (χ0v) is 13.9. The Kier molecular flexibility index (Phi) is 3.63. The number of aryl methyl sites for hydroxylation is 1. The minimum atomic E-state index is -0.193. The van der Waals surface area contributed by atoms with E-state index >= 15 is 0 Å². The summed E-state index contributed by atoms with van der Waals surface area (Å²) in [6, 6.07) is 15.8. The molecular formula is C19H15N3OS. The average molecular weight is 333 g/mol. The molecule has 0 unspecified atom stereocenters. The molecule has 2 heterocycles. The van der Waals surface area contributed by atoms with Crippen LogP contribution in [0.1, 0.15) is 16.1 Å². The van der Waals surface area contributed by atoms with Crippen molar-refractivity contribution in [2.45, 2.75) is 6.92 Å². The standard InChI is InChI=1S/C19H15N3OS/c1-12-6-8-13(9-7-12)21-18(23)17-11-24-19(22-17)15-10-20-16-5-3-2-4-14(15)16/h2-11,20H,1H3,(H,21,23). The number of aromatic amines is 1. The highest BCUT2D eigenvalue weighted by molar-refractivity contribution is 7.13. The molecule has 4 nitrogen and oxygen atoms in total. The molecule has 0 aliphatic heterocycles. The summed E-state index contributed by atoms with van der Waals surface area (Å²) in [7, 11) is 0. The van der Waals surface area contributed by atoms with E-state index < -0.39 is 0 Å². The quantitative estimate of drug-likeness (QED) is 0.563. The summed E-state index contributed by atoms with van der Waals surface area (Å²) in [5.41, 5.74) is 4.44. The number of hydrogen-bond acceptors (Lipinski definition) is 3. The van der Waals surface area contributed by atoms with E-state index in [1.54, 1.807) is 5.38 Å². The maximum Gasteiger partial charge on any atom is 0.275 e. The average Bonchev–Trinajstić information content (AvgIpc) is 3.23. The van der Waals surface area contributed by atoms with Gasteiger partial charge in [0.15, 0.2) is 0 Å². The molecule has 2 aromatic heterocycles. The third kappa shape index (κ3) is 2.70. The lowest BCUT2D eigenvalue weighted by Gasteiger charge is -2.03. The molecule has 0 saturated carbocycles. The third-order valence-corrected chi connectivity index (χ3v) is 4.74. The molecule has 0 saturated heterocycles. The number of nitrogens with one attached hydrogen (secondary N) is 2. The molecule has 0 aliphatic rings. The number of carbonyl (C=O) groups excluding carboxylic acids is 1. The number of amides is 1. The maximum atomic E-state index is 12.4. The molecular weight excluding hydrogens is 318 g/mol. The first kappa shape index (κ1) is 14.7. The van der Waals surface area contributed by atoms with Crippen molar-refractivity contribution in [1.82, 2.24) is 9.97 Å². The van der Waals surface area contributed by atoms with Crippen LogP contribution < -0.4 is 5.32 Å². The molecule has 4 rings (SSSR count). The van der Waals surface area contributed by atoms with Crippen LogP contribution in [-0.2, 0) is 0 Å². The number of nitrogens with zero attached hydrogens (tertiary/aromatic N) is 1. The number of rotatable bonds is 3. The van der Waals surface area contributed by atoms with E-state index in [9.17, 15) is 4.79 Å². The highest BCUT2D eigenvalue weighted by atomic mass is 32.1. The number of aromatic nitrogens is 2. The number of hydrogen-bond donors (Lipinski definition) is 2. The van der Waals surface area contributed by atoms with Crippen molar-refractivity contribution >= 4 is 33.8 Å². The van der Waals surface area contributed by atoms with Gasteiger partial charge in [-0.3, -0.25) is 4.79 Å². The topological polar surface area (TPSA) is 57.8 Å². The zero-order chi connectivity index (χ0) is 16.5. The molecule has 5 heteroatoms. The Morgan fingerprint density at radius 2 is 1.92 bits per heavy atom.